The van der Waals surface area contributed by atoms with Crippen LogP contribution in [0.4, 0.5) is 0 Å². The molecule has 88 valence electrons. The summed E-state index contributed by atoms with van der Waals surface area (Å²) >= 11 is 5.81. The Morgan fingerprint density at radius 3 is 2.81 bits per heavy atom. The molecule has 0 aromatic heterocycles. The molecule has 16 heavy (non-hydrogen) atoms. The zero-order chi connectivity index (χ0) is 12.2. The lowest BCUT2D eigenvalue weighted by Crippen LogP contribution is -2.53. The van der Waals surface area contributed by atoms with Crippen molar-refractivity contribution in [2.75, 3.05) is 13.7 Å². The number of aliphatic hydroxyl groups is 1. The van der Waals surface area contributed by atoms with E-state index in [1.54, 1.807) is 24.3 Å². The van der Waals surface area contributed by atoms with Gasteiger partial charge >= 0.3 is 5.97 Å². The molecule has 0 aliphatic rings. The Bertz CT molecular complexity index is 383. The van der Waals surface area contributed by atoms with Crippen LogP contribution in [0.15, 0.2) is 24.3 Å². The van der Waals surface area contributed by atoms with Crippen molar-refractivity contribution in [3.8, 4) is 0 Å². The van der Waals surface area contributed by atoms with Gasteiger partial charge in [0.2, 0.25) is 0 Å². The van der Waals surface area contributed by atoms with Crippen molar-refractivity contribution in [1.82, 2.24) is 0 Å². The summed E-state index contributed by atoms with van der Waals surface area (Å²) in [6, 6.07) is 6.96. The number of carbonyl (C=O) groups excluding carboxylic acids is 1. The monoisotopic (exact) mass is 243 g/mol. The molecule has 0 saturated carbocycles. The quantitative estimate of drug-likeness (QED) is 0.766. The Morgan fingerprint density at radius 2 is 2.31 bits per heavy atom. The number of methoxy groups -OCH3 is 1. The molecule has 4 nitrogen and oxygen atoms in total. The number of ether oxygens (including phenoxy) is 1. The summed E-state index contributed by atoms with van der Waals surface area (Å²) in [5, 5.41) is 9.72. The highest BCUT2D eigenvalue weighted by atomic mass is 35.5. The fourth-order valence-corrected chi connectivity index (χ4v) is 1.62. The Morgan fingerprint density at radius 1 is 1.62 bits per heavy atom. The van der Waals surface area contributed by atoms with E-state index in [1.807, 2.05) is 0 Å². The number of benzene rings is 1. The standard InChI is InChI=1S/C11H14ClNO3/c1-16-10(15)11(13,7-14)6-8-3-2-4-9(12)5-8/h2-5,14H,6-7,13H2,1H3. The molecule has 1 aromatic rings. The first-order chi connectivity index (χ1) is 7.51. The van der Waals surface area contributed by atoms with E-state index in [0.29, 0.717) is 5.02 Å². The molecule has 0 bridgehead atoms. The number of aliphatic hydroxyl groups excluding tert-OH is 1. The second-order valence-electron chi connectivity index (χ2n) is 3.61. The highest BCUT2D eigenvalue weighted by molar-refractivity contribution is 6.30. The number of nitrogens with two attached hydrogens (primary N) is 1. The van der Waals surface area contributed by atoms with Gasteiger partial charge in [0, 0.05) is 11.4 Å². The van der Waals surface area contributed by atoms with Crippen molar-refractivity contribution in [1.29, 1.82) is 0 Å². The number of rotatable bonds is 4. The molecular weight excluding hydrogens is 230 g/mol. The average Bonchev–Trinajstić information content (AvgIpc) is 2.27. The van der Waals surface area contributed by atoms with Gasteiger partial charge in [-0.3, -0.25) is 0 Å². The summed E-state index contributed by atoms with van der Waals surface area (Å²) in [7, 11) is 1.23. The summed E-state index contributed by atoms with van der Waals surface area (Å²) in [4.78, 5) is 11.4. The normalized spacial score (nSPS) is 14.2. The molecule has 0 spiro atoms. The molecule has 3 N–H and O–H groups in total. The van der Waals surface area contributed by atoms with Gasteiger partial charge in [-0.15, -0.1) is 0 Å². The van der Waals surface area contributed by atoms with E-state index in [4.69, 9.17) is 22.4 Å². The van der Waals surface area contributed by atoms with Crippen molar-refractivity contribution in [2.45, 2.75) is 12.0 Å². The Balaban J connectivity index is 2.89. The van der Waals surface area contributed by atoms with E-state index in [0.717, 1.165) is 5.56 Å². The number of hydrogen-bond donors (Lipinski definition) is 2. The Labute approximate surface area is 99.0 Å². The van der Waals surface area contributed by atoms with Gasteiger partial charge in [-0.05, 0) is 17.7 Å². The van der Waals surface area contributed by atoms with E-state index in [-0.39, 0.29) is 6.42 Å². The van der Waals surface area contributed by atoms with Crippen LogP contribution in [-0.4, -0.2) is 30.3 Å². The first-order valence-electron chi connectivity index (χ1n) is 4.74. The molecule has 1 rings (SSSR count). The van der Waals surface area contributed by atoms with E-state index in [2.05, 4.69) is 4.74 Å². The molecule has 0 saturated heterocycles. The molecule has 0 aliphatic carbocycles. The smallest absolute Gasteiger partial charge is 0.328 e. The summed E-state index contributed by atoms with van der Waals surface area (Å²) in [6.45, 7) is -0.480. The second-order valence-corrected chi connectivity index (χ2v) is 4.05. The maximum Gasteiger partial charge on any atom is 0.328 e. The van der Waals surface area contributed by atoms with Gasteiger partial charge in [-0.25, -0.2) is 4.79 Å². The highest BCUT2D eigenvalue weighted by Crippen LogP contribution is 2.16. The van der Waals surface area contributed by atoms with E-state index in [1.165, 1.54) is 7.11 Å². The topological polar surface area (TPSA) is 72.5 Å². The van der Waals surface area contributed by atoms with Crippen LogP contribution in [0.5, 0.6) is 0 Å². The molecule has 1 unspecified atom stereocenters. The third-order valence-corrected chi connectivity index (χ3v) is 2.52. The van der Waals surface area contributed by atoms with E-state index >= 15 is 0 Å². The van der Waals surface area contributed by atoms with Crippen LogP contribution in [0.1, 0.15) is 5.56 Å². The molecule has 0 fully saturated rings. The molecular formula is C11H14ClNO3. The fourth-order valence-electron chi connectivity index (χ4n) is 1.41. The number of carbonyl (C=O) groups is 1. The summed E-state index contributed by atoms with van der Waals surface area (Å²) in [5.41, 5.74) is 5.12. The molecule has 0 heterocycles. The van der Waals surface area contributed by atoms with Crippen LogP contribution >= 0.6 is 11.6 Å². The zero-order valence-electron chi connectivity index (χ0n) is 8.94. The van der Waals surface area contributed by atoms with Crippen LogP contribution < -0.4 is 5.73 Å². The van der Waals surface area contributed by atoms with E-state index in [9.17, 15) is 4.79 Å². The lowest BCUT2D eigenvalue weighted by atomic mass is 9.93. The van der Waals surface area contributed by atoms with Gasteiger partial charge in [-0.1, -0.05) is 23.7 Å². The highest BCUT2D eigenvalue weighted by Gasteiger charge is 2.34. The second kappa shape index (κ2) is 5.30. The van der Waals surface area contributed by atoms with Crippen molar-refractivity contribution < 1.29 is 14.6 Å². The molecule has 1 aromatic carbocycles. The van der Waals surface area contributed by atoms with Crippen LogP contribution in [0.3, 0.4) is 0 Å². The van der Waals surface area contributed by atoms with Gasteiger partial charge in [0.15, 0.2) is 0 Å². The van der Waals surface area contributed by atoms with Crippen molar-refractivity contribution >= 4 is 17.6 Å². The first kappa shape index (κ1) is 13.0. The minimum absolute atomic E-state index is 0.177. The predicted molar refractivity (Wildman–Crippen MR) is 61.2 cm³/mol. The Kier molecular flexibility index (Phi) is 4.29. The van der Waals surface area contributed by atoms with Crippen molar-refractivity contribution in [3.05, 3.63) is 34.9 Å². The van der Waals surface area contributed by atoms with Gasteiger partial charge in [0.05, 0.1) is 13.7 Å². The van der Waals surface area contributed by atoms with Crippen LogP contribution in [-0.2, 0) is 16.0 Å². The van der Waals surface area contributed by atoms with Gasteiger partial charge in [0.25, 0.3) is 0 Å². The molecule has 1 atom stereocenters. The van der Waals surface area contributed by atoms with Gasteiger partial charge in [-0.2, -0.15) is 0 Å². The van der Waals surface area contributed by atoms with Crippen LogP contribution in [0.2, 0.25) is 5.02 Å². The van der Waals surface area contributed by atoms with Gasteiger partial charge < -0.3 is 15.6 Å². The third kappa shape index (κ3) is 2.95. The zero-order valence-corrected chi connectivity index (χ0v) is 9.70. The summed E-state index contributed by atoms with van der Waals surface area (Å²) in [5.74, 6) is -0.644. The number of hydrogen-bond acceptors (Lipinski definition) is 4. The molecule has 0 aliphatic heterocycles. The maximum absolute atomic E-state index is 11.4. The Hall–Kier alpha value is -1.10. The minimum Gasteiger partial charge on any atom is -0.468 e. The summed E-state index contributed by atoms with van der Waals surface area (Å²) in [6.07, 6.45) is 0.177. The van der Waals surface area contributed by atoms with Crippen molar-refractivity contribution in [2.24, 2.45) is 5.73 Å². The number of halogens is 1. The molecule has 5 heteroatoms. The lowest BCUT2D eigenvalue weighted by molar-refractivity contribution is -0.148. The van der Waals surface area contributed by atoms with Crippen LogP contribution in [0.25, 0.3) is 0 Å². The maximum atomic E-state index is 11.4. The molecule has 0 radical (unpaired) electrons. The van der Waals surface area contributed by atoms with Crippen LogP contribution in [0, 0.1) is 0 Å². The average molecular weight is 244 g/mol. The SMILES string of the molecule is COC(=O)C(N)(CO)Cc1cccc(Cl)c1. The third-order valence-electron chi connectivity index (χ3n) is 2.28. The summed E-state index contributed by atoms with van der Waals surface area (Å²) < 4.78 is 4.55. The first-order valence-corrected chi connectivity index (χ1v) is 5.12. The van der Waals surface area contributed by atoms with Gasteiger partial charge in [0.1, 0.15) is 5.54 Å². The predicted octanol–water partition coefficient (Wildman–Crippen LogP) is 0.745. The fraction of sp³-hybridized carbons (Fsp3) is 0.364. The number of esters is 1. The van der Waals surface area contributed by atoms with Crippen molar-refractivity contribution in [3.63, 3.8) is 0 Å². The lowest BCUT2D eigenvalue weighted by Gasteiger charge is -2.24. The molecule has 0 amide bonds. The van der Waals surface area contributed by atoms with E-state index < -0.39 is 18.1 Å². The minimum atomic E-state index is -1.42. The largest absolute Gasteiger partial charge is 0.468 e.